The largest absolute Gasteiger partial charge is 0.379 e. The second-order valence-corrected chi connectivity index (χ2v) is 5.72. The number of carbonyl (C=O) groups excluding carboxylic acids is 1. The van der Waals surface area contributed by atoms with Crippen LogP contribution in [0.4, 0.5) is 0 Å². The van der Waals surface area contributed by atoms with E-state index >= 15 is 0 Å². The van der Waals surface area contributed by atoms with Crippen molar-refractivity contribution in [3.63, 3.8) is 0 Å². The quantitative estimate of drug-likeness (QED) is 0.755. The number of rotatable bonds is 4. The predicted molar refractivity (Wildman–Crippen MR) is 73.1 cm³/mol. The van der Waals surface area contributed by atoms with Crippen molar-refractivity contribution in [3.8, 4) is 0 Å². The molecule has 2 fully saturated rings. The van der Waals surface area contributed by atoms with Gasteiger partial charge in [0.2, 0.25) is 0 Å². The molecule has 0 aromatic heterocycles. The van der Waals surface area contributed by atoms with Gasteiger partial charge in [-0.1, -0.05) is 0 Å². The topological polar surface area (TPSA) is 42.0 Å². The Morgan fingerprint density at radius 3 is 2.63 bits per heavy atom. The van der Waals surface area contributed by atoms with Gasteiger partial charge in [-0.2, -0.15) is 0 Å². The third-order valence-corrected chi connectivity index (χ3v) is 4.12. The first kappa shape index (κ1) is 14.8. The van der Waals surface area contributed by atoms with Crippen LogP contribution < -0.4 is 0 Å². The number of ether oxygens (including phenoxy) is 2. The van der Waals surface area contributed by atoms with Gasteiger partial charge in [0, 0.05) is 39.8 Å². The van der Waals surface area contributed by atoms with Crippen LogP contribution >= 0.6 is 0 Å². The molecule has 2 aliphatic rings. The van der Waals surface area contributed by atoms with E-state index in [1.165, 1.54) is 0 Å². The fourth-order valence-electron chi connectivity index (χ4n) is 2.72. The second kappa shape index (κ2) is 6.68. The number of hydrogen-bond donors (Lipinski definition) is 0. The summed E-state index contributed by atoms with van der Waals surface area (Å²) in [6, 6.07) is 0. The smallest absolute Gasteiger partial charge is 0.254 e. The van der Waals surface area contributed by atoms with Gasteiger partial charge < -0.3 is 14.4 Å². The zero-order valence-corrected chi connectivity index (χ0v) is 12.2. The first-order valence-electron chi connectivity index (χ1n) is 7.31. The molecule has 0 radical (unpaired) electrons. The summed E-state index contributed by atoms with van der Waals surface area (Å²) < 4.78 is 11.0. The standard InChI is InChI=1S/C14H26N2O3/c1-14(5-3-4-10-19-14)13(17)15(2)6-7-16-8-11-18-12-9-16/h3-12H2,1-2H3/t14-/m0/s1. The van der Waals surface area contributed by atoms with Gasteiger partial charge in [-0.05, 0) is 26.2 Å². The predicted octanol–water partition coefficient (Wildman–Crippen LogP) is 0.736. The van der Waals surface area contributed by atoms with Gasteiger partial charge in [0.25, 0.3) is 5.91 Å². The van der Waals surface area contributed by atoms with E-state index in [1.807, 2.05) is 18.9 Å². The van der Waals surface area contributed by atoms with Crippen molar-refractivity contribution in [3.05, 3.63) is 0 Å². The lowest BCUT2D eigenvalue weighted by Crippen LogP contribution is -2.51. The minimum absolute atomic E-state index is 0.125. The minimum Gasteiger partial charge on any atom is -0.379 e. The monoisotopic (exact) mass is 270 g/mol. The zero-order chi connectivity index (χ0) is 13.7. The Bertz CT molecular complexity index is 297. The van der Waals surface area contributed by atoms with Crippen LogP contribution in [0, 0.1) is 0 Å². The Morgan fingerprint density at radius 1 is 1.26 bits per heavy atom. The molecule has 0 aromatic carbocycles. The van der Waals surface area contributed by atoms with Crippen molar-refractivity contribution in [2.75, 3.05) is 53.0 Å². The van der Waals surface area contributed by atoms with E-state index < -0.39 is 5.60 Å². The third-order valence-electron chi connectivity index (χ3n) is 4.12. The highest BCUT2D eigenvalue weighted by Crippen LogP contribution is 2.26. The molecule has 2 rings (SSSR count). The van der Waals surface area contributed by atoms with Crippen LogP contribution in [0.15, 0.2) is 0 Å². The summed E-state index contributed by atoms with van der Waals surface area (Å²) >= 11 is 0. The summed E-state index contributed by atoms with van der Waals surface area (Å²) in [6.45, 7) is 7.86. The molecule has 0 N–H and O–H groups in total. The molecule has 2 saturated heterocycles. The van der Waals surface area contributed by atoms with Gasteiger partial charge >= 0.3 is 0 Å². The van der Waals surface area contributed by atoms with Crippen LogP contribution in [0.1, 0.15) is 26.2 Å². The van der Waals surface area contributed by atoms with Crippen molar-refractivity contribution in [2.45, 2.75) is 31.8 Å². The van der Waals surface area contributed by atoms with Crippen molar-refractivity contribution >= 4 is 5.91 Å². The van der Waals surface area contributed by atoms with Gasteiger partial charge in [0.1, 0.15) is 5.60 Å². The fourth-order valence-corrected chi connectivity index (χ4v) is 2.72. The number of carbonyl (C=O) groups is 1. The lowest BCUT2D eigenvalue weighted by molar-refractivity contribution is -0.160. The molecule has 1 amide bonds. The van der Waals surface area contributed by atoms with Crippen LogP contribution in [-0.4, -0.2) is 74.4 Å². The van der Waals surface area contributed by atoms with E-state index in [-0.39, 0.29) is 5.91 Å². The maximum Gasteiger partial charge on any atom is 0.254 e. The van der Waals surface area contributed by atoms with Crippen molar-refractivity contribution in [2.24, 2.45) is 0 Å². The van der Waals surface area contributed by atoms with E-state index in [0.29, 0.717) is 6.61 Å². The molecular weight excluding hydrogens is 244 g/mol. The van der Waals surface area contributed by atoms with Crippen LogP contribution in [0.2, 0.25) is 0 Å². The molecule has 110 valence electrons. The van der Waals surface area contributed by atoms with Gasteiger partial charge in [-0.25, -0.2) is 0 Å². The summed E-state index contributed by atoms with van der Waals surface area (Å²) in [7, 11) is 1.88. The van der Waals surface area contributed by atoms with Crippen molar-refractivity contribution in [1.82, 2.24) is 9.80 Å². The maximum absolute atomic E-state index is 12.5. The van der Waals surface area contributed by atoms with Gasteiger partial charge in [0.05, 0.1) is 13.2 Å². The van der Waals surface area contributed by atoms with Crippen molar-refractivity contribution in [1.29, 1.82) is 0 Å². The molecule has 0 aromatic rings. The Morgan fingerprint density at radius 2 is 2.00 bits per heavy atom. The van der Waals surface area contributed by atoms with Gasteiger partial charge in [0.15, 0.2) is 0 Å². The Labute approximate surface area is 115 Å². The van der Waals surface area contributed by atoms with Crippen molar-refractivity contribution < 1.29 is 14.3 Å². The highest BCUT2D eigenvalue weighted by Gasteiger charge is 2.37. The number of hydrogen-bond acceptors (Lipinski definition) is 4. The van der Waals surface area contributed by atoms with E-state index in [4.69, 9.17) is 9.47 Å². The normalized spacial score (nSPS) is 29.2. The van der Waals surface area contributed by atoms with Crippen LogP contribution in [-0.2, 0) is 14.3 Å². The summed E-state index contributed by atoms with van der Waals surface area (Å²) in [5.41, 5.74) is -0.599. The molecule has 5 heteroatoms. The Hall–Kier alpha value is -0.650. The number of nitrogens with zero attached hydrogens (tertiary/aromatic N) is 2. The molecule has 5 nitrogen and oxygen atoms in total. The average Bonchev–Trinajstić information content (AvgIpc) is 2.46. The van der Waals surface area contributed by atoms with E-state index in [1.54, 1.807) is 0 Å². The lowest BCUT2D eigenvalue weighted by Gasteiger charge is -2.36. The summed E-state index contributed by atoms with van der Waals surface area (Å²) in [5, 5.41) is 0. The molecule has 0 saturated carbocycles. The van der Waals surface area contributed by atoms with E-state index in [2.05, 4.69) is 4.90 Å². The molecule has 0 aliphatic carbocycles. The number of morpholine rings is 1. The molecule has 1 atom stereocenters. The Balaban J connectivity index is 1.78. The second-order valence-electron chi connectivity index (χ2n) is 5.72. The molecule has 0 bridgehead atoms. The first-order chi connectivity index (χ1) is 9.12. The maximum atomic E-state index is 12.5. The average molecular weight is 270 g/mol. The number of likely N-dealkylation sites (N-methyl/N-ethyl adjacent to an activating group) is 1. The summed E-state index contributed by atoms with van der Waals surface area (Å²) in [5.74, 6) is 0.125. The summed E-state index contributed by atoms with van der Waals surface area (Å²) in [4.78, 5) is 16.6. The van der Waals surface area contributed by atoms with E-state index in [9.17, 15) is 4.79 Å². The molecule has 2 aliphatic heterocycles. The van der Waals surface area contributed by atoms with Gasteiger partial charge in [-0.15, -0.1) is 0 Å². The molecular formula is C14H26N2O3. The van der Waals surface area contributed by atoms with E-state index in [0.717, 1.165) is 58.7 Å². The fraction of sp³-hybridized carbons (Fsp3) is 0.929. The number of amides is 1. The van der Waals surface area contributed by atoms with Crippen LogP contribution in [0.25, 0.3) is 0 Å². The SMILES string of the molecule is CN(CCN1CCOCC1)C(=O)[C@]1(C)CCCCO1. The molecule has 0 unspecified atom stereocenters. The zero-order valence-electron chi connectivity index (χ0n) is 12.2. The highest BCUT2D eigenvalue weighted by molar-refractivity contribution is 5.84. The Kier molecular flexibility index (Phi) is 5.19. The first-order valence-corrected chi connectivity index (χ1v) is 7.31. The highest BCUT2D eigenvalue weighted by atomic mass is 16.5. The molecule has 19 heavy (non-hydrogen) atoms. The minimum atomic E-state index is -0.599. The van der Waals surface area contributed by atoms with Crippen LogP contribution in [0.5, 0.6) is 0 Å². The lowest BCUT2D eigenvalue weighted by atomic mass is 9.94. The summed E-state index contributed by atoms with van der Waals surface area (Å²) in [6.07, 6.45) is 2.99. The van der Waals surface area contributed by atoms with Gasteiger partial charge in [-0.3, -0.25) is 9.69 Å². The molecule has 0 spiro atoms. The molecule has 2 heterocycles. The third kappa shape index (κ3) is 3.91. The van der Waals surface area contributed by atoms with Crippen LogP contribution in [0.3, 0.4) is 0 Å².